The first-order valence-electron chi connectivity index (χ1n) is 7.76. The summed E-state index contributed by atoms with van der Waals surface area (Å²) < 4.78 is 0. The molecule has 0 aliphatic carbocycles. The van der Waals surface area contributed by atoms with Crippen LogP contribution in [0.3, 0.4) is 0 Å². The van der Waals surface area contributed by atoms with Crippen molar-refractivity contribution in [3.63, 3.8) is 0 Å². The van der Waals surface area contributed by atoms with Crippen molar-refractivity contribution in [2.24, 2.45) is 0 Å². The number of H-pyrrole nitrogens is 1. The maximum absolute atomic E-state index is 12.1. The maximum Gasteiger partial charge on any atom is 0.106 e. The fourth-order valence-corrected chi connectivity index (χ4v) is 3.26. The largest absolute Gasteiger partial charge is 0.719 e. The van der Waals surface area contributed by atoms with E-state index in [4.69, 9.17) is 12.6 Å². The van der Waals surface area contributed by atoms with Crippen LogP contribution in [0, 0.1) is 0 Å². The Labute approximate surface area is 145 Å². The van der Waals surface area contributed by atoms with Crippen molar-refractivity contribution in [2.75, 3.05) is 4.90 Å². The van der Waals surface area contributed by atoms with Crippen LogP contribution in [-0.4, -0.2) is 10.2 Å². The molecule has 0 unspecified atom stereocenters. The summed E-state index contributed by atoms with van der Waals surface area (Å²) in [4.78, 5) is 17.2. The average Bonchev–Trinajstić information content (AvgIpc) is 2.99. The van der Waals surface area contributed by atoms with E-state index >= 15 is 0 Å². The molecule has 0 radical (unpaired) electrons. The summed E-state index contributed by atoms with van der Waals surface area (Å²) in [6.07, 6.45) is 0. The highest BCUT2D eigenvalue weighted by molar-refractivity contribution is 7.77. The van der Waals surface area contributed by atoms with Crippen molar-refractivity contribution < 1.29 is 4.79 Å². The van der Waals surface area contributed by atoms with Crippen LogP contribution in [0.15, 0.2) is 72.8 Å². The minimum Gasteiger partial charge on any atom is -0.719 e. The van der Waals surface area contributed by atoms with Crippen LogP contribution in [0.4, 0.5) is 10.5 Å². The molecule has 3 aromatic carbocycles. The Kier molecular flexibility index (Phi) is 3.67. The zero-order chi connectivity index (χ0) is 16.5. The SMILES string of the molecule is O=C([S-])N(Cc1ccccc1)c1cccc2c1[nH]c1ccccc12. The lowest BCUT2D eigenvalue weighted by Gasteiger charge is -2.27. The van der Waals surface area contributed by atoms with E-state index in [2.05, 4.69) is 17.1 Å². The van der Waals surface area contributed by atoms with Crippen LogP contribution >= 0.6 is 0 Å². The van der Waals surface area contributed by atoms with Crippen molar-refractivity contribution in [3.8, 4) is 0 Å². The molecule has 0 fully saturated rings. The molecular weight excluding hydrogens is 316 g/mol. The number of nitrogens with one attached hydrogen (secondary N) is 1. The smallest absolute Gasteiger partial charge is 0.106 e. The van der Waals surface area contributed by atoms with E-state index < -0.39 is 0 Å². The molecule has 0 atom stereocenters. The van der Waals surface area contributed by atoms with Gasteiger partial charge >= 0.3 is 0 Å². The predicted molar refractivity (Wildman–Crippen MR) is 101 cm³/mol. The first-order chi connectivity index (χ1) is 11.7. The third-order valence-corrected chi connectivity index (χ3v) is 4.43. The lowest BCUT2D eigenvalue weighted by Crippen LogP contribution is -2.27. The number of carbonyl (C=O) groups excluding carboxylic acids is 1. The molecule has 1 amide bonds. The molecule has 24 heavy (non-hydrogen) atoms. The Morgan fingerprint density at radius 1 is 0.875 bits per heavy atom. The zero-order valence-electron chi connectivity index (χ0n) is 12.9. The lowest BCUT2D eigenvalue weighted by molar-refractivity contribution is 0.265. The molecule has 1 heterocycles. The number of nitrogens with zero attached hydrogens (tertiary/aromatic N) is 1. The molecule has 4 rings (SSSR count). The van der Waals surface area contributed by atoms with Crippen molar-refractivity contribution in [1.29, 1.82) is 0 Å². The summed E-state index contributed by atoms with van der Waals surface area (Å²) in [5.41, 5.74) is 3.85. The molecule has 1 N–H and O–H groups in total. The summed E-state index contributed by atoms with van der Waals surface area (Å²) in [6.45, 7) is 0.456. The second-order valence-corrected chi connectivity index (χ2v) is 6.06. The fraction of sp³-hybridized carbons (Fsp3) is 0.0500. The van der Waals surface area contributed by atoms with Crippen LogP contribution in [-0.2, 0) is 19.2 Å². The van der Waals surface area contributed by atoms with Gasteiger partial charge in [-0.05, 0) is 17.7 Å². The molecule has 0 bridgehead atoms. The van der Waals surface area contributed by atoms with Crippen molar-refractivity contribution in [1.82, 2.24) is 4.98 Å². The quantitative estimate of drug-likeness (QED) is 0.537. The summed E-state index contributed by atoms with van der Waals surface area (Å²) in [6, 6.07) is 24.0. The van der Waals surface area contributed by atoms with E-state index in [1.165, 1.54) is 0 Å². The molecule has 0 aliphatic rings. The van der Waals surface area contributed by atoms with Crippen molar-refractivity contribution >= 4 is 45.4 Å². The Morgan fingerprint density at radius 2 is 1.58 bits per heavy atom. The maximum atomic E-state index is 12.1. The predicted octanol–water partition coefficient (Wildman–Crippen LogP) is 4.99. The highest BCUT2D eigenvalue weighted by atomic mass is 32.1. The van der Waals surface area contributed by atoms with Crippen LogP contribution in [0.5, 0.6) is 0 Å². The Balaban J connectivity index is 1.88. The van der Waals surface area contributed by atoms with Gasteiger partial charge in [-0.15, -0.1) is 0 Å². The number of rotatable bonds is 3. The number of para-hydroxylation sites is 2. The Bertz CT molecular complexity index is 1020. The van der Waals surface area contributed by atoms with E-state index in [1.54, 1.807) is 4.90 Å². The van der Waals surface area contributed by atoms with Crippen LogP contribution < -0.4 is 4.90 Å². The molecule has 1 aromatic heterocycles. The van der Waals surface area contributed by atoms with Gasteiger partial charge in [-0.1, -0.05) is 60.7 Å². The monoisotopic (exact) mass is 331 g/mol. The van der Waals surface area contributed by atoms with Crippen LogP contribution in [0.2, 0.25) is 0 Å². The van der Waals surface area contributed by atoms with Crippen molar-refractivity contribution in [3.05, 3.63) is 78.4 Å². The number of amides is 1. The number of aromatic amines is 1. The summed E-state index contributed by atoms with van der Waals surface area (Å²) in [7, 11) is 0. The van der Waals surface area contributed by atoms with Gasteiger partial charge in [0.05, 0.1) is 11.2 Å². The third kappa shape index (κ3) is 2.51. The van der Waals surface area contributed by atoms with E-state index in [0.717, 1.165) is 33.1 Å². The lowest BCUT2D eigenvalue weighted by atomic mass is 10.1. The summed E-state index contributed by atoms with van der Waals surface area (Å²) in [5, 5.41) is 1.85. The fourth-order valence-electron chi connectivity index (χ4n) is 3.10. The molecule has 3 nitrogen and oxygen atoms in total. The van der Waals surface area contributed by atoms with Gasteiger partial charge in [0.2, 0.25) is 0 Å². The van der Waals surface area contributed by atoms with E-state index in [0.29, 0.717) is 6.54 Å². The first kappa shape index (κ1) is 14.7. The molecule has 0 spiro atoms. The van der Waals surface area contributed by atoms with E-state index in [1.807, 2.05) is 60.7 Å². The summed E-state index contributed by atoms with van der Waals surface area (Å²) >= 11 is 5.00. The standard InChI is InChI=1S/C20H16N2OS/c23-20(24)22(13-14-7-2-1-3-8-14)18-12-6-10-16-15-9-4-5-11-17(15)21-19(16)18/h1-12,21H,13H2,(H,23,24)/p-1. The number of anilines is 1. The molecular formula is C20H15N2OS-. The number of hydrogen-bond acceptors (Lipinski definition) is 2. The highest BCUT2D eigenvalue weighted by Gasteiger charge is 2.14. The van der Waals surface area contributed by atoms with Gasteiger partial charge < -0.3 is 27.3 Å². The number of carbonyl (C=O) groups is 1. The average molecular weight is 331 g/mol. The Hall–Kier alpha value is -2.85. The second-order valence-electron chi connectivity index (χ2n) is 5.71. The highest BCUT2D eigenvalue weighted by Crippen LogP contribution is 2.33. The minimum atomic E-state index is -0.384. The molecule has 0 aliphatic heterocycles. The minimum absolute atomic E-state index is 0.384. The zero-order valence-corrected chi connectivity index (χ0v) is 13.7. The topological polar surface area (TPSA) is 36.1 Å². The van der Waals surface area contributed by atoms with E-state index in [-0.39, 0.29) is 5.24 Å². The number of fused-ring (bicyclic) bond motifs is 3. The van der Waals surface area contributed by atoms with E-state index in [9.17, 15) is 4.79 Å². The Morgan fingerprint density at radius 3 is 2.38 bits per heavy atom. The molecule has 118 valence electrons. The van der Waals surface area contributed by atoms with Gasteiger partial charge in [-0.3, -0.25) is 0 Å². The molecule has 0 saturated heterocycles. The number of hydrogen-bond donors (Lipinski definition) is 1. The van der Waals surface area contributed by atoms with Crippen LogP contribution in [0.25, 0.3) is 21.8 Å². The second kappa shape index (κ2) is 5.98. The number of benzene rings is 3. The van der Waals surface area contributed by atoms with Gasteiger partial charge in [-0.25, -0.2) is 0 Å². The van der Waals surface area contributed by atoms with Crippen LogP contribution in [0.1, 0.15) is 5.56 Å². The van der Waals surface area contributed by atoms with Gasteiger partial charge in [0.15, 0.2) is 0 Å². The summed E-state index contributed by atoms with van der Waals surface area (Å²) in [5.74, 6) is 0. The third-order valence-electron chi connectivity index (χ3n) is 4.21. The number of aromatic nitrogens is 1. The molecule has 0 saturated carbocycles. The first-order valence-corrected chi connectivity index (χ1v) is 8.17. The van der Waals surface area contributed by atoms with Gasteiger partial charge in [0.25, 0.3) is 0 Å². The molecule has 4 aromatic rings. The molecule has 4 heteroatoms. The van der Waals surface area contributed by atoms with Gasteiger partial charge in [0, 0.05) is 22.8 Å². The van der Waals surface area contributed by atoms with Gasteiger partial charge in [-0.2, -0.15) is 0 Å². The normalized spacial score (nSPS) is 11.0. The van der Waals surface area contributed by atoms with Crippen molar-refractivity contribution in [2.45, 2.75) is 6.54 Å². The van der Waals surface area contributed by atoms with Gasteiger partial charge in [0.1, 0.15) is 5.24 Å².